The Bertz CT molecular complexity index is 607. The molecular formula is C19H33N3O4S. The van der Waals surface area contributed by atoms with E-state index >= 15 is 0 Å². The van der Waals surface area contributed by atoms with Gasteiger partial charge in [-0.05, 0) is 24.9 Å². The van der Waals surface area contributed by atoms with Gasteiger partial charge in [-0.3, -0.25) is 9.74 Å². The van der Waals surface area contributed by atoms with Crippen molar-refractivity contribution in [1.29, 1.82) is 0 Å². The van der Waals surface area contributed by atoms with E-state index in [2.05, 4.69) is 4.90 Å². The molecule has 0 aromatic heterocycles. The van der Waals surface area contributed by atoms with Crippen LogP contribution >= 0.6 is 0 Å². The van der Waals surface area contributed by atoms with Gasteiger partial charge in [0.1, 0.15) is 0 Å². The van der Waals surface area contributed by atoms with E-state index in [1.54, 1.807) is 0 Å². The number of rotatable bonds is 13. The van der Waals surface area contributed by atoms with E-state index in [-0.39, 0.29) is 12.4 Å². The Morgan fingerprint density at radius 2 is 1.78 bits per heavy atom. The van der Waals surface area contributed by atoms with Crippen molar-refractivity contribution in [2.45, 2.75) is 32.3 Å². The minimum absolute atomic E-state index is 0.107. The number of unbranched alkanes of at least 4 members (excludes halogenated alkanes) is 3. The molecule has 7 nitrogen and oxygen atoms in total. The number of morpholine rings is 1. The number of hydrogen-bond donors (Lipinski definition) is 1. The maximum Gasteiger partial charge on any atom is 0.236 e. The molecule has 0 saturated carbocycles. The molecule has 0 spiro atoms. The number of ether oxygens (including phenoxy) is 1. The first kappa shape index (κ1) is 22.3. The summed E-state index contributed by atoms with van der Waals surface area (Å²) in [5.41, 5.74) is 6.44. The maximum atomic E-state index is 12.8. The number of nitrogens with two attached hydrogens (primary N) is 1. The maximum absolute atomic E-state index is 12.8. The van der Waals surface area contributed by atoms with Crippen molar-refractivity contribution in [2.24, 2.45) is 5.73 Å². The van der Waals surface area contributed by atoms with Crippen LogP contribution in [0.2, 0.25) is 0 Å². The molecule has 27 heavy (non-hydrogen) atoms. The highest BCUT2D eigenvalue weighted by molar-refractivity contribution is 7.88. The van der Waals surface area contributed by atoms with Crippen molar-refractivity contribution in [3.8, 4) is 0 Å². The normalized spacial score (nSPS) is 16.1. The second-order valence-corrected chi connectivity index (χ2v) is 8.74. The SMILES string of the molecule is NCCCCCCS(=O)(=O)N(CCN1CCOCC1)OCc1ccccc1. The Morgan fingerprint density at radius 3 is 2.48 bits per heavy atom. The molecule has 1 aliphatic heterocycles. The molecule has 1 saturated heterocycles. The molecule has 1 heterocycles. The van der Waals surface area contributed by atoms with Crippen LogP contribution in [-0.4, -0.2) is 69.5 Å². The zero-order chi connectivity index (χ0) is 19.4. The van der Waals surface area contributed by atoms with Crippen LogP contribution in [0.3, 0.4) is 0 Å². The molecule has 0 unspecified atom stereocenters. The molecule has 154 valence electrons. The van der Waals surface area contributed by atoms with Gasteiger partial charge in [-0.25, -0.2) is 8.42 Å². The summed E-state index contributed by atoms with van der Waals surface area (Å²) in [5.74, 6) is 0.107. The second-order valence-electron chi connectivity index (χ2n) is 6.76. The quantitative estimate of drug-likeness (QED) is 0.401. The van der Waals surface area contributed by atoms with Crippen LogP contribution in [0.15, 0.2) is 30.3 Å². The molecule has 0 atom stereocenters. The van der Waals surface area contributed by atoms with Crippen LogP contribution in [0.1, 0.15) is 31.2 Å². The van der Waals surface area contributed by atoms with Crippen molar-refractivity contribution in [3.05, 3.63) is 35.9 Å². The van der Waals surface area contributed by atoms with Crippen LogP contribution < -0.4 is 5.73 Å². The average molecular weight is 400 g/mol. The van der Waals surface area contributed by atoms with E-state index in [1.165, 1.54) is 4.47 Å². The van der Waals surface area contributed by atoms with Gasteiger partial charge < -0.3 is 10.5 Å². The summed E-state index contributed by atoms with van der Waals surface area (Å²) in [5, 5.41) is 0. The van der Waals surface area contributed by atoms with Gasteiger partial charge >= 0.3 is 0 Å². The van der Waals surface area contributed by atoms with Gasteiger partial charge in [0.25, 0.3) is 0 Å². The standard InChI is InChI=1S/C19H33N3O4S/c20-10-6-1-2-7-17-27(23,24)22(12-11-21-13-15-25-16-14-21)26-18-19-8-4-3-5-9-19/h3-5,8-9H,1-2,6-7,10-18,20H2. The summed E-state index contributed by atoms with van der Waals surface area (Å²) in [6, 6.07) is 9.63. The molecule has 0 radical (unpaired) electrons. The summed E-state index contributed by atoms with van der Waals surface area (Å²) >= 11 is 0. The molecule has 1 aromatic carbocycles. The molecule has 2 rings (SSSR count). The van der Waals surface area contributed by atoms with Gasteiger partial charge in [0.05, 0.1) is 32.1 Å². The van der Waals surface area contributed by atoms with Crippen molar-refractivity contribution in [2.75, 3.05) is 51.7 Å². The first-order chi connectivity index (χ1) is 13.1. The molecular weight excluding hydrogens is 366 g/mol. The minimum atomic E-state index is -3.46. The van der Waals surface area contributed by atoms with E-state index < -0.39 is 10.0 Å². The topological polar surface area (TPSA) is 85.1 Å². The van der Waals surface area contributed by atoms with Crippen molar-refractivity contribution in [3.63, 3.8) is 0 Å². The van der Waals surface area contributed by atoms with Crippen LogP contribution in [0, 0.1) is 0 Å². The lowest BCUT2D eigenvalue weighted by atomic mass is 10.2. The van der Waals surface area contributed by atoms with E-state index in [0.717, 1.165) is 37.9 Å². The molecule has 2 N–H and O–H groups in total. The molecule has 0 aliphatic carbocycles. The highest BCUT2D eigenvalue weighted by Gasteiger charge is 2.24. The second kappa shape index (κ2) is 12.4. The van der Waals surface area contributed by atoms with Gasteiger partial charge in [0, 0.05) is 19.6 Å². The largest absolute Gasteiger partial charge is 0.379 e. The van der Waals surface area contributed by atoms with E-state index in [1.807, 2.05) is 30.3 Å². The Hall–Kier alpha value is -1.03. The predicted molar refractivity (Wildman–Crippen MR) is 107 cm³/mol. The first-order valence-electron chi connectivity index (χ1n) is 9.79. The number of hydroxylamine groups is 1. The zero-order valence-electron chi connectivity index (χ0n) is 16.1. The average Bonchev–Trinajstić information content (AvgIpc) is 2.69. The van der Waals surface area contributed by atoms with Crippen molar-refractivity contribution >= 4 is 10.0 Å². The summed E-state index contributed by atoms with van der Waals surface area (Å²) in [7, 11) is -3.46. The fourth-order valence-corrected chi connectivity index (χ4v) is 4.28. The molecule has 0 amide bonds. The Morgan fingerprint density at radius 1 is 1.07 bits per heavy atom. The predicted octanol–water partition coefficient (Wildman–Crippen LogP) is 1.60. The van der Waals surface area contributed by atoms with E-state index in [0.29, 0.717) is 39.3 Å². The third-order valence-electron chi connectivity index (χ3n) is 4.59. The molecule has 1 aliphatic rings. The van der Waals surface area contributed by atoms with Crippen LogP contribution in [-0.2, 0) is 26.2 Å². The smallest absolute Gasteiger partial charge is 0.236 e. The monoisotopic (exact) mass is 399 g/mol. The number of benzene rings is 1. The fraction of sp³-hybridized carbons (Fsp3) is 0.684. The Labute approximate surface area is 163 Å². The van der Waals surface area contributed by atoms with E-state index in [9.17, 15) is 8.42 Å². The molecule has 0 bridgehead atoms. The van der Waals surface area contributed by atoms with Crippen LogP contribution in [0.5, 0.6) is 0 Å². The molecule has 1 fully saturated rings. The van der Waals surface area contributed by atoms with Gasteiger partial charge in [0.15, 0.2) is 0 Å². The first-order valence-corrected chi connectivity index (χ1v) is 11.4. The third-order valence-corrected chi connectivity index (χ3v) is 6.30. The number of nitrogens with zero attached hydrogens (tertiary/aromatic N) is 2. The summed E-state index contributed by atoms with van der Waals surface area (Å²) in [6.07, 6.45) is 3.40. The lowest BCUT2D eigenvalue weighted by Crippen LogP contribution is -2.43. The Kier molecular flexibility index (Phi) is 10.3. The zero-order valence-corrected chi connectivity index (χ0v) is 16.9. The van der Waals surface area contributed by atoms with E-state index in [4.69, 9.17) is 15.3 Å². The lowest BCUT2D eigenvalue weighted by Gasteiger charge is -2.29. The van der Waals surface area contributed by atoms with Crippen molar-refractivity contribution in [1.82, 2.24) is 9.37 Å². The third kappa shape index (κ3) is 8.68. The number of hydrogen-bond acceptors (Lipinski definition) is 6. The van der Waals surface area contributed by atoms with Gasteiger partial charge in [-0.15, -0.1) is 0 Å². The Balaban J connectivity index is 1.89. The van der Waals surface area contributed by atoms with Gasteiger partial charge in [0.2, 0.25) is 10.0 Å². The lowest BCUT2D eigenvalue weighted by molar-refractivity contribution is -0.101. The van der Waals surface area contributed by atoms with Gasteiger partial charge in [-0.2, -0.15) is 0 Å². The molecule has 8 heteroatoms. The summed E-state index contributed by atoms with van der Waals surface area (Å²) in [6.45, 7) is 4.91. The highest BCUT2D eigenvalue weighted by Crippen LogP contribution is 2.12. The van der Waals surface area contributed by atoms with Crippen LogP contribution in [0.25, 0.3) is 0 Å². The minimum Gasteiger partial charge on any atom is -0.379 e. The summed E-state index contributed by atoms with van der Waals surface area (Å²) < 4.78 is 32.1. The summed E-state index contributed by atoms with van der Waals surface area (Å²) in [4.78, 5) is 7.94. The van der Waals surface area contributed by atoms with Crippen molar-refractivity contribution < 1.29 is 18.0 Å². The molecule has 1 aromatic rings. The number of sulfonamides is 1. The van der Waals surface area contributed by atoms with Gasteiger partial charge in [-0.1, -0.05) is 47.6 Å². The highest BCUT2D eigenvalue weighted by atomic mass is 32.2. The van der Waals surface area contributed by atoms with Crippen LogP contribution in [0.4, 0.5) is 0 Å². The fourth-order valence-electron chi connectivity index (χ4n) is 2.94.